The van der Waals surface area contributed by atoms with Gasteiger partial charge < -0.3 is 36.8 Å². The van der Waals surface area contributed by atoms with Crippen LogP contribution >= 0.6 is 0 Å². The van der Waals surface area contributed by atoms with Gasteiger partial charge in [-0.15, -0.1) is 0 Å². The lowest BCUT2D eigenvalue weighted by molar-refractivity contribution is -0.149. The maximum atomic E-state index is 13.1. The number of fused-ring (bicyclic) bond motifs is 1. The maximum Gasteiger partial charge on any atom is 0.326 e. The van der Waals surface area contributed by atoms with Crippen molar-refractivity contribution >= 4 is 41.4 Å². The predicted molar refractivity (Wildman–Crippen MR) is 204 cm³/mol. The number of carboxylic acid groups (broad SMARTS) is 4. The molecule has 2 aliphatic rings. The van der Waals surface area contributed by atoms with E-state index in [-0.39, 0.29) is 5.91 Å². The number of para-hydroxylation sites is 1. The summed E-state index contributed by atoms with van der Waals surface area (Å²) < 4.78 is 0. The molecule has 4 rings (SSSR count). The summed E-state index contributed by atoms with van der Waals surface area (Å²) in [4.78, 5) is 74.6. The van der Waals surface area contributed by atoms with Crippen molar-refractivity contribution < 1.29 is 49.2 Å². The SMILES string of the molecule is NCCCC[C@H](N[C@@H](CCc1ccccc1)C(=O)O)C(=O)N1CCC[C@H]1C(=O)O.NCCCC[C@H](N[C@H]1CCc2ccccc2N(CC(=O)O)C1=O)C(=O)O. The van der Waals surface area contributed by atoms with Crippen molar-refractivity contribution in [3.8, 4) is 0 Å². The van der Waals surface area contributed by atoms with Gasteiger partial charge in [0.15, 0.2) is 0 Å². The number of nitrogens with two attached hydrogens (primary N) is 2. The molecule has 16 heteroatoms. The molecule has 0 aliphatic carbocycles. The van der Waals surface area contributed by atoms with E-state index in [9.17, 15) is 49.2 Å². The first-order valence-corrected chi connectivity index (χ1v) is 18.9. The molecule has 2 aromatic rings. The summed E-state index contributed by atoms with van der Waals surface area (Å²) in [5, 5.41) is 43.6. The van der Waals surface area contributed by atoms with Gasteiger partial charge in [0.2, 0.25) is 11.8 Å². The highest BCUT2D eigenvalue weighted by Gasteiger charge is 2.38. The zero-order chi connectivity index (χ0) is 40.3. The average Bonchev–Trinajstić information content (AvgIpc) is 3.62. The first-order chi connectivity index (χ1) is 26.4. The maximum absolute atomic E-state index is 13.1. The number of hydrogen-bond donors (Lipinski definition) is 8. The number of likely N-dealkylation sites (tertiary alicyclic amines) is 1. The molecule has 2 heterocycles. The molecule has 0 spiro atoms. The van der Waals surface area contributed by atoms with E-state index < -0.39 is 66.5 Å². The van der Waals surface area contributed by atoms with E-state index in [1.165, 1.54) is 9.80 Å². The molecule has 1 fully saturated rings. The Morgan fingerprint density at radius 3 is 1.98 bits per heavy atom. The molecule has 5 atom stereocenters. The second-order valence-corrected chi connectivity index (χ2v) is 13.8. The van der Waals surface area contributed by atoms with Crippen LogP contribution in [0.5, 0.6) is 0 Å². The fraction of sp³-hybridized carbons (Fsp3) is 0.538. The molecule has 2 aromatic carbocycles. The van der Waals surface area contributed by atoms with Crippen molar-refractivity contribution in [1.82, 2.24) is 15.5 Å². The van der Waals surface area contributed by atoms with Crippen LogP contribution < -0.4 is 27.0 Å². The topological polar surface area (TPSA) is 266 Å². The van der Waals surface area contributed by atoms with E-state index in [2.05, 4.69) is 10.6 Å². The summed E-state index contributed by atoms with van der Waals surface area (Å²) in [5.74, 6) is -4.93. The van der Waals surface area contributed by atoms with Gasteiger partial charge in [-0.05, 0) is 94.5 Å². The number of carbonyl (C=O) groups excluding carboxylic acids is 2. The zero-order valence-electron chi connectivity index (χ0n) is 31.2. The van der Waals surface area contributed by atoms with E-state index in [1.807, 2.05) is 42.5 Å². The Morgan fingerprint density at radius 1 is 0.764 bits per heavy atom. The Kier molecular flexibility index (Phi) is 18.7. The van der Waals surface area contributed by atoms with Crippen LogP contribution in [0.25, 0.3) is 0 Å². The van der Waals surface area contributed by atoms with Crippen LogP contribution in [0, 0.1) is 0 Å². The van der Waals surface area contributed by atoms with Gasteiger partial charge in [-0.2, -0.15) is 0 Å². The number of aliphatic carboxylic acids is 4. The molecule has 55 heavy (non-hydrogen) atoms. The Balaban J connectivity index is 0.000000297. The smallest absolute Gasteiger partial charge is 0.326 e. The van der Waals surface area contributed by atoms with E-state index in [0.717, 1.165) is 17.5 Å². The van der Waals surface area contributed by atoms with Crippen LogP contribution in [0.15, 0.2) is 54.6 Å². The van der Waals surface area contributed by atoms with Crippen LogP contribution in [-0.4, -0.2) is 117 Å². The largest absolute Gasteiger partial charge is 0.480 e. The van der Waals surface area contributed by atoms with Crippen molar-refractivity contribution in [3.05, 3.63) is 65.7 Å². The summed E-state index contributed by atoms with van der Waals surface area (Å²) in [5.41, 5.74) is 13.5. The van der Waals surface area contributed by atoms with Crippen molar-refractivity contribution in [2.75, 3.05) is 31.1 Å². The molecule has 16 nitrogen and oxygen atoms in total. The Hall–Kier alpha value is -4.90. The molecular weight excluding hydrogens is 712 g/mol. The average molecular weight is 769 g/mol. The van der Waals surface area contributed by atoms with Gasteiger partial charge in [0.25, 0.3) is 0 Å². The molecule has 0 unspecified atom stereocenters. The molecule has 1 saturated heterocycles. The quantitative estimate of drug-likeness (QED) is 0.0843. The third kappa shape index (κ3) is 14.0. The molecule has 0 bridgehead atoms. The molecule has 0 saturated carbocycles. The molecular formula is C39H56N6O10. The molecule has 10 N–H and O–H groups in total. The number of hydrogen-bond acceptors (Lipinski definition) is 10. The monoisotopic (exact) mass is 768 g/mol. The second-order valence-electron chi connectivity index (χ2n) is 13.8. The number of rotatable bonds is 21. The molecule has 302 valence electrons. The van der Waals surface area contributed by atoms with E-state index in [1.54, 1.807) is 12.1 Å². The summed E-state index contributed by atoms with van der Waals surface area (Å²) in [6.07, 6.45) is 6.45. The highest BCUT2D eigenvalue weighted by Crippen LogP contribution is 2.27. The van der Waals surface area contributed by atoms with Gasteiger partial charge in [0, 0.05) is 12.2 Å². The van der Waals surface area contributed by atoms with Gasteiger partial charge in [0.05, 0.1) is 12.1 Å². The summed E-state index contributed by atoms with van der Waals surface area (Å²) in [6, 6.07) is 12.6. The van der Waals surface area contributed by atoms with Crippen molar-refractivity contribution in [3.63, 3.8) is 0 Å². The number of carbonyl (C=O) groups is 6. The number of unbranched alkanes of at least 4 members (excludes halogenated alkanes) is 2. The number of amides is 2. The molecule has 2 amide bonds. The highest BCUT2D eigenvalue weighted by atomic mass is 16.4. The summed E-state index contributed by atoms with van der Waals surface area (Å²) in [7, 11) is 0. The fourth-order valence-corrected chi connectivity index (χ4v) is 6.92. The van der Waals surface area contributed by atoms with Gasteiger partial charge in [0.1, 0.15) is 24.7 Å². The molecule has 0 aromatic heterocycles. The van der Waals surface area contributed by atoms with Gasteiger partial charge in [-0.1, -0.05) is 61.4 Å². The first-order valence-electron chi connectivity index (χ1n) is 18.9. The number of nitrogens with zero attached hydrogens (tertiary/aromatic N) is 2. The van der Waals surface area contributed by atoms with Gasteiger partial charge in [-0.3, -0.25) is 39.5 Å². The number of benzene rings is 2. The Morgan fingerprint density at radius 2 is 1.38 bits per heavy atom. The predicted octanol–water partition coefficient (Wildman–Crippen LogP) is 1.83. The number of carboxylic acids is 4. The van der Waals surface area contributed by atoms with E-state index in [4.69, 9.17) is 11.5 Å². The number of aryl methyl sites for hydroxylation is 2. The number of nitrogens with one attached hydrogen (secondary N) is 2. The lowest BCUT2D eigenvalue weighted by atomic mass is 10.0. The third-order valence-corrected chi connectivity index (χ3v) is 9.82. The van der Waals surface area contributed by atoms with Gasteiger partial charge >= 0.3 is 23.9 Å². The standard InChI is InChI=1S/C21H31N3O5.C18H25N3O5/c22-13-5-4-9-16(19(25)24-14-6-10-18(24)21(28)29)23-17(20(26)27)12-11-15-7-2-1-3-8-15;19-10-4-3-6-14(18(25)26)20-13-9-8-12-5-1-2-7-15(12)21(17(13)24)11-16(22)23/h1-3,7-8,16-18,23H,4-6,9-14,22H2,(H,26,27)(H,28,29);1-2,5,7,13-14,20H,3-4,6,8-11,19H2,(H,22,23)(H,25,26)/t16-,17-,18-;13-,14-/m00/s1. The van der Waals surface area contributed by atoms with Crippen LogP contribution in [-0.2, 0) is 41.6 Å². The second kappa shape index (κ2) is 23.1. The van der Waals surface area contributed by atoms with Crippen molar-refractivity contribution in [1.29, 1.82) is 0 Å². The van der Waals surface area contributed by atoms with Crippen LogP contribution in [0.2, 0.25) is 0 Å². The normalized spacial score (nSPS) is 18.3. The minimum absolute atomic E-state index is 0.335. The van der Waals surface area contributed by atoms with Crippen molar-refractivity contribution in [2.45, 2.75) is 107 Å². The first kappa shape index (κ1) is 44.5. The third-order valence-electron chi connectivity index (χ3n) is 9.82. The lowest BCUT2D eigenvalue weighted by Gasteiger charge is -2.29. The molecule has 0 radical (unpaired) electrons. The van der Waals surface area contributed by atoms with Crippen molar-refractivity contribution in [2.24, 2.45) is 11.5 Å². The van der Waals surface area contributed by atoms with E-state index in [0.29, 0.717) is 96.0 Å². The Labute approximate surface area is 321 Å². The van der Waals surface area contributed by atoms with Gasteiger partial charge in [-0.25, -0.2) is 4.79 Å². The fourth-order valence-electron chi connectivity index (χ4n) is 6.92. The van der Waals surface area contributed by atoms with E-state index >= 15 is 0 Å². The minimum Gasteiger partial charge on any atom is -0.480 e. The Bertz CT molecular complexity index is 1580. The lowest BCUT2D eigenvalue weighted by Crippen LogP contribution is -2.54. The highest BCUT2D eigenvalue weighted by molar-refractivity contribution is 6.02. The zero-order valence-corrected chi connectivity index (χ0v) is 31.2. The minimum atomic E-state index is -1.12. The van der Waals surface area contributed by atoms with Crippen LogP contribution in [0.1, 0.15) is 75.3 Å². The molecule has 2 aliphatic heterocycles. The number of anilines is 1. The summed E-state index contributed by atoms with van der Waals surface area (Å²) >= 11 is 0. The summed E-state index contributed by atoms with van der Waals surface area (Å²) in [6.45, 7) is 0.890. The van der Waals surface area contributed by atoms with Crippen LogP contribution in [0.4, 0.5) is 5.69 Å². The van der Waals surface area contributed by atoms with Crippen LogP contribution in [0.3, 0.4) is 0 Å².